The van der Waals surface area contributed by atoms with Crippen molar-refractivity contribution in [2.75, 3.05) is 0 Å². The average molecular weight is 171 g/mol. The lowest BCUT2D eigenvalue weighted by Crippen LogP contribution is -1.81. The highest BCUT2D eigenvalue weighted by atomic mass is 16.3. The summed E-state index contributed by atoms with van der Waals surface area (Å²) < 4.78 is 0. The summed E-state index contributed by atoms with van der Waals surface area (Å²) in [5, 5.41) is 13.7. The SMILES string of the molecule is Cc1ccc2cccc(C)c2c1[O]. The van der Waals surface area contributed by atoms with E-state index in [0.717, 1.165) is 21.9 Å². The normalized spacial score (nSPS) is 10.6. The van der Waals surface area contributed by atoms with E-state index in [2.05, 4.69) is 0 Å². The lowest BCUT2D eigenvalue weighted by Gasteiger charge is -2.04. The molecule has 0 aliphatic carbocycles. The van der Waals surface area contributed by atoms with E-state index in [9.17, 15) is 5.11 Å². The van der Waals surface area contributed by atoms with E-state index < -0.39 is 0 Å². The predicted octanol–water partition coefficient (Wildman–Crippen LogP) is 3.60. The summed E-state index contributed by atoms with van der Waals surface area (Å²) in [6, 6.07) is 9.81. The van der Waals surface area contributed by atoms with Gasteiger partial charge in [0.15, 0.2) is 5.75 Å². The van der Waals surface area contributed by atoms with Crippen molar-refractivity contribution < 1.29 is 5.11 Å². The minimum atomic E-state index is 0.163. The number of benzene rings is 2. The van der Waals surface area contributed by atoms with Crippen LogP contribution in [-0.4, -0.2) is 0 Å². The van der Waals surface area contributed by atoms with Crippen LogP contribution in [0.15, 0.2) is 30.3 Å². The fourth-order valence-electron chi connectivity index (χ4n) is 1.63. The van der Waals surface area contributed by atoms with Gasteiger partial charge in [-0.25, -0.2) is 0 Å². The van der Waals surface area contributed by atoms with Crippen LogP contribution in [-0.2, 0) is 5.11 Å². The van der Waals surface area contributed by atoms with E-state index in [0.29, 0.717) is 0 Å². The van der Waals surface area contributed by atoms with Gasteiger partial charge in [-0.3, -0.25) is 5.11 Å². The molecule has 0 heterocycles. The van der Waals surface area contributed by atoms with Gasteiger partial charge in [0.1, 0.15) is 0 Å². The van der Waals surface area contributed by atoms with Crippen LogP contribution < -0.4 is 0 Å². The largest absolute Gasteiger partial charge is 0.289 e. The van der Waals surface area contributed by atoms with Crippen LogP contribution in [0.25, 0.3) is 10.8 Å². The fraction of sp³-hybridized carbons (Fsp3) is 0.167. The van der Waals surface area contributed by atoms with Gasteiger partial charge in [-0.15, -0.1) is 0 Å². The Kier molecular flexibility index (Phi) is 1.73. The zero-order chi connectivity index (χ0) is 9.42. The van der Waals surface area contributed by atoms with Gasteiger partial charge in [0.05, 0.1) is 0 Å². The first-order chi connectivity index (χ1) is 6.20. The molecule has 2 aromatic carbocycles. The first-order valence-corrected chi connectivity index (χ1v) is 4.36. The lowest BCUT2D eigenvalue weighted by molar-refractivity contribution is 0.357. The minimum absolute atomic E-state index is 0.163. The van der Waals surface area contributed by atoms with Crippen molar-refractivity contribution >= 4 is 10.8 Å². The Hall–Kier alpha value is -1.50. The Bertz CT molecular complexity index is 458. The maximum atomic E-state index is 11.7. The van der Waals surface area contributed by atoms with Crippen molar-refractivity contribution in [3.05, 3.63) is 41.5 Å². The van der Waals surface area contributed by atoms with Gasteiger partial charge >= 0.3 is 0 Å². The van der Waals surface area contributed by atoms with E-state index in [1.807, 2.05) is 44.2 Å². The van der Waals surface area contributed by atoms with E-state index >= 15 is 0 Å². The number of hydrogen-bond acceptors (Lipinski definition) is 0. The van der Waals surface area contributed by atoms with Crippen LogP contribution in [0.2, 0.25) is 0 Å². The molecule has 0 unspecified atom stereocenters. The maximum absolute atomic E-state index is 11.7. The first kappa shape index (κ1) is 8.11. The predicted molar refractivity (Wildman–Crippen MR) is 53.6 cm³/mol. The lowest BCUT2D eigenvalue weighted by atomic mass is 10.0. The quantitative estimate of drug-likeness (QED) is 0.577. The van der Waals surface area contributed by atoms with Crippen molar-refractivity contribution in [1.82, 2.24) is 0 Å². The molecule has 0 atom stereocenters. The Balaban J connectivity index is 2.97. The number of hydrogen-bond donors (Lipinski definition) is 0. The molecule has 0 amide bonds. The third-order valence-corrected chi connectivity index (χ3v) is 2.40. The minimum Gasteiger partial charge on any atom is -0.289 e. The van der Waals surface area contributed by atoms with Gasteiger partial charge in [-0.05, 0) is 30.4 Å². The van der Waals surface area contributed by atoms with Gasteiger partial charge in [0.25, 0.3) is 0 Å². The molecule has 0 saturated heterocycles. The molecule has 0 fully saturated rings. The van der Waals surface area contributed by atoms with Crippen LogP contribution in [0.1, 0.15) is 11.1 Å². The van der Waals surface area contributed by atoms with Gasteiger partial charge < -0.3 is 0 Å². The average Bonchev–Trinajstić information content (AvgIpc) is 2.12. The molecule has 1 nitrogen and oxygen atoms in total. The van der Waals surface area contributed by atoms with Crippen LogP contribution in [0, 0.1) is 13.8 Å². The van der Waals surface area contributed by atoms with Gasteiger partial charge in [0, 0.05) is 5.39 Å². The molecule has 0 aromatic heterocycles. The van der Waals surface area contributed by atoms with Gasteiger partial charge in [-0.1, -0.05) is 30.3 Å². The molecule has 0 aliphatic heterocycles. The Labute approximate surface area is 77.6 Å². The summed E-state index contributed by atoms with van der Waals surface area (Å²) in [5.41, 5.74) is 1.88. The first-order valence-electron chi connectivity index (χ1n) is 4.36. The number of aryl methyl sites for hydroxylation is 2. The summed E-state index contributed by atoms with van der Waals surface area (Å²) in [4.78, 5) is 0. The zero-order valence-corrected chi connectivity index (χ0v) is 7.79. The zero-order valence-electron chi connectivity index (χ0n) is 7.79. The second-order valence-electron chi connectivity index (χ2n) is 3.38. The van der Waals surface area contributed by atoms with Crippen molar-refractivity contribution in [3.63, 3.8) is 0 Å². The molecule has 1 heteroatoms. The highest BCUT2D eigenvalue weighted by Crippen LogP contribution is 2.30. The van der Waals surface area contributed by atoms with E-state index in [4.69, 9.17) is 0 Å². The number of rotatable bonds is 0. The molecule has 0 bridgehead atoms. The highest BCUT2D eigenvalue weighted by molar-refractivity contribution is 5.91. The van der Waals surface area contributed by atoms with Gasteiger partial charge in [0.2, 0.25) is 0 Å². The molecule has 0 saturated carbocycles. The molecule has 0 aliphatic rings. The fourth-order valence-corrected chi connectivity index (χ4v) is 1.63. The van der Waals surface area contributed by atoms with Crippen LogP contribution in [0.5, 0.6) is 5.75 Å². The van der Waals surface area contributed by atoms with Crippen LogP contribution >= 0.6 is 0 Å². The van der Waals surface area contributed by atoms with E-state index in [1.165, 1.54) is 0 Å². The standard InChI is InChI=1S/C12H11O/c1-8-4-3-5-10-7-6-9(2)12(13)11(8)10/h3-7H,1-2H3. The smallest absolute Gasteiger partial charge is 0.189 e. The molecule has 13 heavy (non-hydrogen) atoms. The summed E-state index contributed by atoms with van der Waals surface area (Å²) in [7, 11) is 0. The van der Waals surface area contributed by atoms with Crippen LogP contribution in [0.3, 0.4) is 0 Å². The molecule has 1 radical (unpaired) electrons. The van der Waals surface area contributed by atoms with E-state index in [-0.39, 0.29) is 5.75 Å². The maximum Gasteiger partial charge on any atom is 0.189 e. The molecular weight excluding hydrogens is 160 g/mol. The Morgan fingerprint density at radius 2 is 1.69 bits per heavy atom. The monoisotopic (exact) mass is 171 g/mol. The summed E-state index contributed by atoms with van der Waals surface area (Å²) in [5.74, 6) is 0.163. The molecule has 0 N–H and O–H groups in total. The third kappa shape index (κ3) is 1.17. The van der Waals surface area contributed by atoms with Crippen molar-refractivity contribution in [2.45, 2.75) is 13.8 Å². The number of fused-ring (bicyclic) bond motifs is 1. The van der Waals surface area contributed by atoms with Crippen LogP contribution in [0.4, 0.5) is 0 Å². The second-order valence-corrected chi connectivity index (χ2v) is 3.38. The molecule has 0 spiro atoms. The van der Waals surface area contributed by atoms with Crippen molar-refractivity contribution in [1.29, 1.82) is 0 Å². The molecular formula is C12H11O. The third-order valence-electron chi connectivity index (χ3n) is 2.40. The summed E-state index contributed by atoms with van der Waals surface area (Å²) >= 11 is 0. The summed E-state index contributed by atoms with van der Waals surface area (Å²) in [6.07, 6.45) is 0. The van der Waals surface area contributed by atoms with Crippen molar-refractivity contribution in [2.24, 2.45) is 0 Å². The van der Waals surface area contributed by atoms with Gasteiger partial charge in [-0.2, -0.15) is 0 Å². The molecule has 2 aromatic rings. The van der Waals surface area contributed by atoms with Crippen molar-refractivity contribution in [3.8, 4) is 5.75 Å². The second kappa shape index (κ2) is 2.77. The molecule has 2 rings (SSSR count). The Morgan fingerprint density at radius 1 is 0.923 bits per heavy atom. The topological polar surface area (TPSA) is 19.9 Å². The highest BCUT2D eigenvalue weighted by Gasteiger charge is 2.06. The summed E-state index contributed by atoms with van der Waals surface area (Å²) in [6.45, 7) is 3.83. The Morgan fingerprint density at radius 3 is 2.46 bits per heavy atom. The van der Waals surface area contributed by atoms with E-state index in [1.54, 1.807) is 0 Å². The molecule has 65 valence electrons.